The average Bonchev–Trinajstić information content (AvgIpc) is 2.80. The van der Waals surface area contributed by atoms with Crippen LogP contribution in [-0.2, 0) is 11.8 Å². The highest BCUT2D eigenvalue weighted by Crippen LogP contribution is 2.43. The van der Waals surface area contributed by atoms with Gasteiger partial charge in [0.05, 0.1) is 7.11 Å². The van der Waals surface area contributed by atoms with Crippen molar-refractivity contribution in [1.29, 1.82) is 0 Å². The lowest BCUT2D eigenvalue weighted by atomic mass is 9.65. The minimum atomic E-state index is -0.331. The van der Waals surface area contributed by atoms with E-state index in [0.29, 0.717) is 0 Å². The maximum atomic E-state index is 5.42. The molecule has 29 heavy (non-hydrogen) atoms. The second-order valence-electron chi connectivity index (χ2n) is 7.31. The van der Waals surface area contributed by atoms with Gasteiger partial charge in [0.2, 0.25) is 0 Å². The van der Waals surface area contributed by atoms with Gasteiger partial charge in [0.1, 0.15) is 5.75 Å². The van der Waals surface area contributed by atoms with Gasteiger partial charge < -0.3 is 4.74 Å². The van der Waals surface area contributed by atoms with Crippen LogP contribution in [0.4, 0.5) is 0 Å². The van der Waals surface area contributed by atoms with Gasteiger partial charge in [0.15, 0.2) is 0 Å². The van der Waals surface area contributed by atoms with E-state index < -0.39 is 0 Å². The zero-order chi connectivity index (χ0) is 20.1. The van der Waals surface area contributed by atoms with Gasteiger partial charge in [-0.3, -0.25) is 0 Å². The lowest BCUT2D eigenvalue weighted by Gasteiger charge is -2.37. The van der Waals surface area contributed by atoms with Crippen LogP contribution in [-0.4, -0.2) is 7.11 Å². The summed E-state index contributed by atoms with van der Waals surface area (Å²) in [6, 6.07) is 38.4. The maximum absolute atomic E-state index is 5.42. The molecule has 0 spiro atoms. The first-order chi connectivity index (χ1) is 14.2. The van der Waals surface area contributed by atoms with Gasteiger partial charge in [-0.1, -0.05) is 97.1 Å². The van der Waals surface area contributed by atoms with Crippen molar-refractivity contribution in [1.82, 2.24) is 0 Å². The van der Waals surface area contributed by atoms with Crippen molar-refractivity contribution in [2.24, 2.45) is 0 Å². The molecule has 0 heterocycles. The molecule has 0 N–H and O–H groups in total. The highest BCUT2D eigenvalue weighted by molar-refractivity contribution is 5.53. The molecule has 0 bridgehead atoms. The Balaban J connectivity index is 2.00. The predicted molar refractivity (Wildman–Crippen MR) is 120 cm³/mol. The van der Waals surface area contributed by atoms with Crippen LogP contribution in [0.3, 0.4) is 0 Å². The fourth-order valence-corrected chi connectivity index (χ4v) is 4.14. The molecule has 1 radical (unpaired) electrons. The topological polar surface area (TPSA) is 9.23 Å². The van der Waals surface area contributed by atoms with Crippen LogP contribution >= 0.6 is 0 Å². The Hall–Kier alpha value is -3.32. The van der Waals surface area contributed by atoms with Gasteiger partial charge in [0, 0.05) is 5.41 Å². The summed E-state index contributed by atoms with van der Waals surface area (Å²) in [7, 11) is 1.70. The smallest absolute Gasteiger partial charge is 0.118 e. The summed E-state index contributed by atoms with van der Waals surface area (Å²) < 4.78 is 5.42. The number of hydrogen-bond donors (Lipinski definition) is 0. The molecular weight excluding hydrogens is 352 g/mol. The number of benzene rings is 4. The van der Waals surface area contributed by atoms with Gasteiger partial charge in [-0.15, -0.1) is 0 Å². The van der Waals surface area contributed by atoms with Gasteiger partial charge in [-0.25, -0.2) is 0 Å². The van der Waals surface area contributed by atoms with Crippen molar-refractivity contribution in [3.63, 3.8) is 0 Å². The van der Waals surface area contributed by atoms with Crippen LogP contribution in [0.15, 0.2) is 109 Å². The molecule has 0 saturated carbocycles. The Labute approximate surface area is 173 Å². The lowest BCUT2D eigenvalue weighted by molar-refractivity contribution is 0.414. The molecule has 1 heteroatoms. The Morgan fingerprint density at radius 3 is 1.62 bits per heavy atom. The Morgan fingerprint density at radius 1 is 0.621 bits per heavy atom. The summed E-state index contributed by atoms with van der Waals surface area (Å²) in [4.78, 5) is 0. The number of ether oxygens (including phenoxy) is 1. The van der Waals surface area contributed by atoms with Gasteiger partial charge in [-0.05, 0) is 53.3 Å². The average molecular weight is 378 g/mol. The molecule has 0 aliphatic heterocycles. The summed E-state index contributed by atoms with van der Waals surface area (Å²) in [5.74, 6) is 0.862. The van der Waals surface area contributed by atoms with E-state index >= 15 is 0 Å². The van der Waals surface area contributed by atoms with Crippen molar-refractivity contribution in [3.8, 4) is 5.75 Å². The normalized spacial score (nSPS) is 11.2. The minimum Gasteiger partial charge on any atom is -0.497 e. The van der Waals surface area contributed by atoms with E-state index in [4.69, 9.17) is 4.74 Å². The maximum Gasteiger partial charge on any atom is 0.118 e. The second-order valence-corrected chi connectivity index (χ2v) is 7.31. The van der Waals surface area contributed by atoms with Crippen molar-refractivity contribution in [2.75, 3.05) is 7.11 Å². The molecule has 0 aliphatic carbocycles. The van der Waals surface area contributed by atoms with E-state index in [-0.39, 0.29) is 5.41 Å². The molecular formula is C28H25O. The first-order valence-corrected chi connectivity index (χ1v) is 9.89. The van der Waals surface area contributed by atoms with Crippen molar-refractivity contribution >= 4 is 0 Å². The van der Waals surface area contributed by atoms with Crippen molar-refractivity contribution < 1.29 is 4.74 Å². The van der Waals surface area contributed by atoms with E-state index in [1.807, 2.05) is 18.2 Å². The fraction of sp³-hybridized carbons (Fsp3) is 0.107. The summed E-state index contributed by atoms with van der Waals surface area (Å²) in [6.45, 7) is 4.29. The van der Waals surface area contributed by atoms with Crippen molar-refractivity contribution in [2.45, 2.75) is 11.8 Å². The molecule has 0 atom stereocenters. The molecule has 0 fully saturated rings. The Morgan fingerprint density at radius 2 is 1.10 bits per heavy atom. The van der Waals surface area contributed by atoms with Crippen LogP contribution in [0.1, 0.15) is 27.8 Å². The third-order valence-corrected chi connectivity index (χ3v) is 5.69. The summed E-state index contributed by atoms with van der Waals surface area (Å²) in [5.41, 5.74) is 5.74. The second kappa shape index (κ2) is 8.36. The highest BCUT2D eigenvalue weighted by Gasteiger charge is 2.36. The lowest BCUT2D eigenvalue weighted by Crippen LogP contribution is -2.32. The number of hydrogen-bond acceptors (Lipinski definition) is 1. The third kappa shape index (κ3) is 3.69. The largest absolute Gasteiger partial charge is 0.497 e. The fourth-order valence-electron chi connectivity index (χ4n) is 4.14. The number of methoxy groups -OCH3 is 1. The molecule has 4 aromatic rings. The third-order valence-electron chi connectivity index (χ3n) is 5.69. The monoisotopic (exact) mass is 377 g/mol. The quantitative estimate of drug-likeness (QED) is 0.351. The molecule has 4 rings (SSSR count). The molecule has 1 nitrogen and oxygen atoms in total. The molecule has 0 unspecified atom stereocenters. The SMILES string of the molecule is [CH2]c1ccccc1CC(c1ccccc1)(c1ccccc1)c1ccc(OC)cc1. The standard InChI is InChI=1S/C28H25O/c1-22-11-9-10-12-23(22)21-28(24-13-5-3-6-14-24,25-15-7-4-8-16-25)26-17-19-27(29-2)20-18-26/h3-20H,1,21H2,2H3. The van der Waals surface area contributed by atoms with Gasteiger partial charge >= 0.3 is 0 Å². The van der Waals surface area contributed by atoms with E-state index in [0.717, 1.165) is 17.7 Å². The predicted octanol–water partition coefficient (Wildman–Crippen LogP) is 6.45. The summed E-state index contributed by atoms with van der Waals surface area (Å²) in [6.07, 6.45) is 0.826. The van der Waals surface area contributed by atoms with Crippen LogP contribution in [0, 0.1) is 6.92 Å². The Kier molecular flexibility index (Phi) is 5.48. The van der Waals surface area contributed by atoms with Crippen LogP contribution in [0.5, 0.6) is 5.75 Å². The summed E-state index contributed by atoms with van der Waals surface area (Å²) >= 11 is 0. The van der Waals surface area contributed by atoms with E-state index in [1.54, 1.807) is 7.11 Å². The molecule has 0 amide bonds. The number of rotatable bonds is 6. The summed E-state index contributed by atoms with van der Waals surface area (Å²) in [5, 5.41) is 0. The first-order valence-electron chi connectivity index (χ1n) is 9.89. The first kappa shape index (κ1) is 19.0. The van der Waals surface area contributed by atoms with E-state index in [2.05, 4.69) is 97.9 Å². The van der Waals surface area contributed by atoms with Gasteiger partial charge in [-0.2, -0.15) is 0 Å². The molecule has 0 aromatic heterocycles. The highest BCUT2D eigenvalue weighted by atomic mass is 16.5. The van der Waals surface area contributed by atoms with E-state index in [9.17, 15) is 0 Å². The zero-order valence-electron chi connectivity index (χ0n) is 16.7. The molecule has 0 saturated heterocycles. The Bertz CT molecular complexity index is 1010. The zero-order valence-corrected chi connectivity index (χ0v) is 16.7. The minimum absolute atomic E-state index is 0.331. The van der Waals surface area contributed by atoms with Crippen LogP contribution in [0.25, 0.3) is 0 Å². The van der Waals surface area contributed by atoms with Gasteiger partial charge in [0.25, 0.3) is 0 Å². The van der Waals surface area contributed by atoms with E-state index in [1.165, 1.54) is 22.3 Å². The van der Waals surface area contributed by atoms with Crippen molar-refractivity contribution in [3.05, 3.63) is 144 Å². The van der Waals surface area contributed by atoms with Crippen LogP contribution < -0.4 is 4.74 Å². The molecule has 143 valence electrons. The molecule has 0 aliphatic rings. The molecule has 4 aromatic carbocycles. The van der Waals surface area contributed by atoms with Crippen LogP contribution in [0.2, 0.25) is 0 Å².